The van der Waals surface area contributed by atoms with Crippen molar-refractivity contribution < 1.29 is 8.78 Å². The van der Waals surface area contributed by atoms with Gasteiger partial charge in [0.25, 0.3) is 0 Å². The molecule has 110 valence electrons. The molecule has 3 rings (SSSR count). The van der Waals surface area contributed by atoms with Crippen molar-refractivity contribution in [3.05, 3.63) is 53.1 Å². The van der Waals surface area contributed by atoms with Crippen LogP contribution in [0.1, 0.15) is 25.0 Å². The third-order valence-electron chi connectivity index (χ3n) is 3.17. The zero-order chi connectivity index (χ0) is 15.6. The molecule has 2 aromatic carbocycles. The van der Waals surface area contributed by atoms with Crippen molar-refractivity contribution in [1.29, 1.82) is 0 Å². The standard InChI is InChI=1S/C15H12F2N2.C2H6/c1-8-3-6-11-12(7-8)19-15(18-11)10-5-4-9(2)13(16)14(10)17;1-2/h3-7H,1-2H3,(H,18,19);1-2H3. The Labute approximate surface area is 122 Å². The third kappa shape index (κ3) is 2.79. The Morgan fingerprint density at radius 3 is 2.38 bits per heavy atom. The summed E-state index contributed by atoms with van der Waals surface area (Å²) in [6, 6.07) is 8.80. The fourth-order valence-corrected chi connectivity index (χ4v) is 2.08. The zero-order valence-corrected chi connectivity index (χ0v) is 12.6. The van der Waals surface area contributed by atoms with Gasteiger partial charge in [-0.1, -0.05) is 26.0 Å². The summed E-state index contributed by atoms with van der Waals surface area (Å²) in [4.78, 5) is 7.32. The lowest BCUT2D eigenvalue weighted by Gasteiger charge is -2.02. The fourth-order valence-electron chi connectivity index (χ4n) is 2.08. The monoisotopic (exact) mass is 288 g/mol. The number of imidazole rings is 1. The molecule has 0 bridgehead atoms. The molecule has 0 radical (unpaired) electrons. The van der Waals surface area contributed by atoms with E-state index in [9.17, 15) is 8.78 Å². The number of nitrogens with one attached hydrogen (secondary N) is 1. The average molecular weight is 288 g/mol. The van der Waals surface area contributed by atoms with Gasteiger partial charge in [-0.15, -0.1) is 0 Å². The molecular weight excluding hydrogens is 270 g/mol. The number of aromatic amines is 1. The highest BCUT2D eigenvalue weighted by molar-refractivity contribution is 5.80. The molecule has 1 heterocycles. The lowest BCUT2D eigenvalue weighted by atomic mass is 10.1. The Morgan fingerprint density at radius 1 is 0.952 bits per heavy atom. The largest absolute Gasteiger partial charge is 0.338 e. The summed E-state index contributed by atoms with van der Waals surface area (Å²) in [7, 11) is 0. The van der Waals surface area contributed by atoms with Crippen LogP contribution in [0.5, 0.6) is 0 Å². The molecule has 0 fully saturated rings. The summed E-state index contributed by atoms with van der Waals surface area (Å²) in [5, 5.41) is 0. The summed E-state index contributed by atoms with van der Waals surface area (Å²) >= 11 is 0. The van der Waals surface area contributed by atoms with Gasteiger partial charge in [-0.2, -0.15) is 0 Å². The second kappa shape index (κ2) is 6.04. The van der Waals surface area contributed by atoms with Crippen LogP contribution in [0.15, 0.2) is 30.3 Å². The summed E-state index contributed by atoms with van der Waals surface area (Å²) < 4.78 is 27.5. The van der Waals surface area contributed by atoms with Crippen molar-refractivity contribution in [2.75, 3.05) is 0 Å². The summed E-state index contributed by atoms with van der Waals surface area (Å²) in [5.74, 6) is -1.35. The van der Waals surface area contributed by atoms with Gasteiger partial charge in [0, 0.05) is 0 Å². The van der Waals surface area contributed by atoms with E-state index in [4.69, 9.17) is 0 Å². The smallest absolute Gasteiger partial charge is 0.170 e. The maximum Gasteiger partial charge on any atom is 0.170 e. The van der Waals surface area contributed by atoms with E-state index < -0.39 is 11.6 Å². The molecule has 0 atom stereocenters. The quantitative estimate of drug-likeness (QED) is 0.659. The zero-order valence-electron chi connectivity index (χ0n) is 12.6. The lowest BCUT2D eigenvalue weighted by Crippen LogP contribution is -1.94. The van der Waals surface area contributed by atoms with Gasteiger partial charge in [0.15, 0.2) is 11.6 Å². The first-order valence-corrected chi connectivity index (χ1v) is 6.97. The van der Waals surface area contributed by atoms with E-state index in [1.165, 1.54) is 13.0 Å². The van der Waals surface area contributed by atoms with Gasteiger partial charge in [-0.05, 0) is 43.2 Å². The van der Waals surface area contributed by atoms with E-state index >= 15 is 0 Å². The van der Waals surface area contributed by atoms with Crippen LogP contribution in [0.2, 0.25) is 0 Å². The van der Waals surface area contributed by atoms with Crippen molar-refractivity contribution in [1.82, 2.24) is 9.97 Å². The molecule has 0 aliphatic heterocycles. The van der Waals surface area contributed by atoms with E-state index in [0.717, 1.165) is 16.6 Å². The number of rotatable bonds is 1. The predicted molar refractivity (Wildman–Crippen MR) is 82.3 cm³/mol. The minimum atomic E-state index is -0.865. The summed E-state index contributed by atoms with van der Waals surface area (Å²) in [6.45, 7) is 7.50. The van der Waals surface area contributed by atoms with Crippen LogP contribution in [-0.2, 0) is 0 Å². The molecule has 0 saturated heterocycles. The van der Waals surface area contributed by atoms with Gasteiger partial charge in [-0.3, -0.25) is 0 Å². The number of aryl methyl sites for hydroxylation is 2. The van der Waals surface area contributed by atoms with Crippen LogP contribution in [-0.4, -0.2) is 9.97 Å². The highest BCUT2D eigenvalue weighted by Crippen LogP contribution is 2.26. The highest BCUT2D eigenvalue weighted by Gasteiger charge is 2.15. The topological polar surface area (TPSA) is 28.7 Å². The molecular formula is C17H18F2N2. The number of aromatic nitrogens is 2. The first-order valence-electron chi connectivity index (χ1n) is 6.97. The van der Waals surface area contributed by atoms with Crippen LogP contribution < -0.4 is 0 Å². The summed E-state index contributed by atoms with van der Waals surface area (Å²) in [6.07, 6.45) is 0. The number of halogens is 2. The van der Waals surface area contributed by atoms with Gasteiger partial charge in [0.1, 0.15) is 5.82 Å². The van der Waals surface area contributed by atoms with E-state index in [2.05, 4.69) is 9.97 Å². The highest BCUT2D eigenvalue weighted by atomic mass is 19.2. The predicted octanol–water partition coefficient (Wildman–Crippen LogP) is 5.15. The first-order chi connectivity index (χ1) is 10.1. The minimum absolute atomic E-state index is 0.150. The van der Waals surface area contributed by atoms with E-state index in [-0.39, 0.29) is 11.1 Å². The maximum atomic E-state index is 13.9. The fraction of sp³-hybridized carbons (Fsp3) is 0.235. The van der Waals surface area contributed by atoms with Crippen molar-refractivity contribution in [3.8, 4) is 11.4 Å². The van der Waals surface area contributed by atoms with E-state index in [1.807, 2.05) is 39.0 Å². The molecule has 0 spiro atoms. The molecule has 1 aromatic heterocycles. The van der Waals surface area contributed by atoms with Crippen molar-refractivity contribution in [2.45, 2.75) is 27.7 Å². The molecule has 4 heteroatoms. The lowest BCUT2D eigenvalue weighted by molar-refractivity contribution is 0.505. The number of hydrogen-bond donors (Lipinski definition) is 1. The summed E-state index contributed by atoms with van der Waals surface area (Å²) in [5.41, 5.74) is 3.07. The minimum Gasteiger partial charge on any atom is -0.338 e. The average Bonchev–Trinajstić information content (AvgIpc) is 2.89. The van der Waals surface area contributed by atoms with Crippen LogP contribution in [0.4, 0.5) is 8.78 Å². The van der Waals surface area contributed by atoms with Crippen molar-refractivity contribution >= 4 is 11.0 Å². The number of benzene rings is 2. The van der Waals surface area contributed by atoms with Gasteiger partial charge in [0.05, 0.1) is 16.6 Å². The van der Waals surface area contributed by atoms with Crippen molar-refractivity contribution in [3.63, 3.8) is 0 Å². The Hall–Kier alpha value is -2.23. The molecule has 0 saturated carbocycles. The van der Waals surface area contributed by atoms with Crippen LogP contribution in [0.3, 0.4) is 0 Å². The molecule has 3 aromatic rings. The molecule has 0 aliphatic carbocycles. The van der Waals surface area contributed by atoms with E-state index in [0.29, 0.717) is 5.82 Å². The van der Waals surface area contributed by atoms with Crippen LogP contribution in [0.25, 0.3) is 22.4 Å². The third-order valence-corrected chi connectivity index (χ3v) is 3.17. The van der Waals surface area contributed by atoms with Crippen LogP contribution in [0, 0.1) is 25.5 Å². The normalized spacial score (nSPS) is 10.4. The number of fused-ring (bicyclic) bond motifs is 1. The number of hydrogen-bond acceptors (Lipinski definition) is 1. The van der Waals surface area contributed by atoms with Gasteiger partial charge in [0.2, 0.25) is 0 Å². The van der Waals surface area contributed by atoms with Gasteiger partial charge >= 0.3 is 0 Å². The number of H-pyrrole nitrogens is 1. The van der Waals surface area contributed by atoms with Crippen molar-refractivity contribution in [2.24, 2.45) is 0 Å². The van der Waals surface area contributed by atoms with Gasteiger partial charge < -0.3 is 4.98 Å². The molecule has 21 heavy (non-hydrogen) atoms. The molecule has 0 amide bonds. The maximum absolute atomic E-state index is 13.9. The van der Waals surface area contributed by atoms with Crippen LogP contribution >= 0.6 is 0 Å². The Balaban J connectivity index is 0.000000774. The molecule has 0 aliphatic rings. The second-order valence-electron chi connectivity index (χ2n) is 4.66. The molecule has 1 N–H and O–H groups in total. The number of nitrogens with zero attached hydrogens (tertiary/aromatic N) is 1. The van der Waals surface area contributed by atoms with Gasteiger partial charge in [-0.25, -0.2) is 13.8 Å². The first kappa shape index (κ1) is 15.2. The Kier molecular flexibility index (Phi) is 4.36. The molecule has 2 nitrogen and oxygen atoms in total. The second-order valence-corrected chi connectivity index (χ2v) is 4.66. The van der Waals surface area contributed by atoms with E-state index in [1.54, 1.807) is 6.07 Å². The molecule has 0 unspecified atom stereocenters. The SMILES string of the molecule is CC.Cc1ccc2nc(-c3ccc(C)c(F)c3F)[nH]c2c1. The Morgan fingerprint density at radius 2 is 1.67 bits per heavy atom. The Bertz CT molecular complexity index is 776.